The van der Waals surface area contributed by atoms with Gasteiger partial charge in [0.05, 0.1) is 10.6 Å². The third kappa shape index (κ3) is 1.89. The molecule has 2 aromatic heterocycles. The zero-order valence-corrected chi connectivity index (χ0v) is 9.10. The van der Waals surface area contributed by atoms with Crippen molar-refractivity contribution in [2.75, 3.05) is 5.73 Å². The number of halogens is 1. The highest BCUT2D eigenvalue weighted by molar-refractivity contribution is 9.10. The first kappa shape index (κ1) is 8.72. The third-order valence-corrected chi connectivity index (χ3v) is 3.32. The van der Waals surface area contributed by atoms with Gasteiger partial charge in [-0.15, -0.1) is 11.3 Å². The van der Waals surface area contributed by atoms with Crippen LogP contribution in [0.2, 0.25) is 0 Å². The Hall–Kier alpha value is -0.870. The number of anilines is 1. The van der Waals surface area contributed by atoms with Crippen molar-refractivity contribution in [1.82, 2.24) is 4.98 Å². The minimum absolute atomic E-state index is 0.745. The van der Waals surface area contributed by atoms with Gasteiger partial charge in [-0.3, -0.25) is 4.98 Å². The van der Waals surface area contributed by atoms with Crippen LogP contribution in [0.4, 0.5) is 5.69 Å². The predicted molar refractivity (Wildman–Crippen MR) is 59.7 cm³/mol. The van der Waals surface area contributed by atoms with Crippen molar-refractivity contribution in [3.8, 4) is 10.6 Å². The van der Waals surface area contributed by atoms with Gasteiger partial charge in [0.2, 0.25) is 0 Å². The van der Waals surface area contributed by atoms with Crippen LogP contribution in [0.5, 0.6) is 0 Å². The first-order valence-electron chi connectivity index (χ1n) is 3.71. The number of nitrogens with two attached hydrogens (primary N) is 1. The Morgan fingerprint density at radius 1 is 1.38 bits per heavy atom. The van der Waals surface area contributed by atoms with Crippen molar-refractivity contribution in [2.45, 2.75) is 0 Å². The average molecular weight is 255 g/mol. The van der Waals surface area contributed by atoms with E-state index in [9.17, 15) is 0 Å². The lowest BCUT2D eigenvalue weighted by molar-refractivity contribution is 1.34. The van der Waals surface area contributed by atoms with E-state index in [-0.39, 0.29) is 0 Å². The molecule has 0 radical (unpaired) electrons. The minimum Gasteiger partial charge on any atom is -0.399 e. The molecule has 0 saturated heterocycles. The number of hydrogen-bond donors (Lipinski definition) is 1. The molecule has 0 bridgehead atoms. The molecule has 0 fully saturated rings. The SMILES string of the molecule is Nc1ccnc(-c2cc(Br)cs2)c1. The van der Waals surface area contributed by atoms with Crippen LogP contribution in [-0.4, -0.2) is 4.98 Å². The first-order valence-corrected chi connectivity index (χ1v) is 5.39. The number of rotatable bonds is 1. The highest BCUT2D eigenvalue weighted by Crippen LogP contribution is 2.28. The third-order valence-electron chi connectivity index (χ3n) is 1.60. The fourth-order valence-electron chi connectivity index (χ4n) is 1.03. The van der Waals surface area contributed by atoms with Crippen LogP contribution >= 0.6 is 27.3 Å². The van der Waals surface area contributed by atoms with Crippen LogP contribution in [0, 0.1) is 0 Å². The summed E-state index contributed by atoms with van der Waals surface area (Å²) in [5.74, 6) is 0. The Kier molecular flexibility index (Phi) is 2.33. The molecule has 0 aliphatic rings. The van der Waals surface area contributed by atoms with E-state index >= 15 is 0 Å². The Morgan fingerprint density at radius 2 is 2.23 bits per heavy atom. The normalized spacial score (nSPS) is 10.2. The highest BCUT2D eigenvalue weighted by atomic mass is 79.9. The predicted octanol–water partition coefficient (Wildman–Crippen LogP) is 3.15. The number of nitrogens with zero attached hydrogens (tertiary/aromatic N) is 1. The number of hydrogen-bond acceptors (Lipinski definition) is 3. The van der Waals surface area contributed by atoms with E-state index in [0.717, 1.165) is 20.7 Å². The monoisotopic (exact) mass is 254 g/mol. The Labute approximate surface area is 88.6 Å². The number of aromatic nitrogens is 1. The lowest BCUT2D eigenvalue weighted by Crippen LogP contribution is -1.86. The maximum absolute atomic E-state index is 5.66. The van der Waals surface area contributed by atoms with Crippen molar-refractivity contribution in [3.63, 3.8) is 0 Å². The van der Waals surface area contributed by atoms with Gasteiger partial charge in [0.25, 0.3) is 0 Å². The molecular formula is C9H7BrN2S. The van der Waals surface area contributed by atoms with Crippen LogP contribution < -0.4 is 5.73 Å². The summed E-state index contributed by atoms with van der Waals surface area (Å²) in [6.07, 6.45) is 1.72. The highest BCUT2D eigenvalue weighted by Gasteiger charge is 2.01. The molecule has 2 aromatic rings. The minimum atomic E-state index is 0.745. The van der Waals surface area contributed by atoms with Gasteiger partial charge < -0.3 is 5.73 Å². The van der Waals surface area contributed by atoms with Gasteiger partial charge in [0.15, 0.2) is 0 Å². The summed E-state index contributed by atoms with van der Waals surface area (Å²) in [5, 5.41) is 2.03. The quantitative estimate of drug-likeness (QED) is 0.850. The molecule has 0 aromatic carbocycles. The van der Waals surface area contributed by atoms with E-state index < -0.39 is 0 Å². The van der Waals surface area contributed by atoms with Gasteiger partial charge in [-0.1, -0.05) is 0 Å². The maximum atomic E-state index is 5.66. The molecule has 0 amide bonds. The van der Waals surface area contributed by atoms with Crippen LogP contribution in [0.15, 0.2) is 34.2 Å². The van der Waals surface area contributed by atoms with Gasteiger partial charge >= 0.3 is 0 Å². The molecular weight excluding hydrogens is 248 g/mol. The van der Waals surface area contributed by atoms with Gasteiger partial charge in [-0.25, -0.2) is 0 Å². The molecule has 2 heterocycles. The lowest BCUT2D eigenvalue weighted by atomic mass is 10.3. The van der Waals surface area contributed by atoms with Crippen LogP contribution in [0.25, 0.3) is 10.6 Å². The van der Waals surface area contributed by atoms with Crippen molar-refractivity contribution in [2.24, 2.45) is 0 Å². The zero-order valence-electron chi connectivity index (χ0n) is 6.70. The van der Waals surface area contributed by atoms with Crippen molar-refractivity contribution >= 4 is 33.0 Å². The fraction of sp³-hybridized carbons (Fsp3) is 0. The van der Waals surface area contributed by atoms with E-state index in [2.05, 4.69) is 20.9 Å². The van der Waals surface area contributed by atoms with Gasteiger partial charge in [0.1, 0.15) is 0 Å². The first-order chi connectivity index (χ1) is 6.25. The summed E-state index contributed by atoms with van der Waals surface area (Å²) in [7, 11) is 0. The largest absolute Gasteiger partial charge is 0.399 e. The van der Waals surface area contributed by atoms with E-state index in [0.29, 0.717) is 0 Å². The number of pyridine rings is 1. The topological polar surface area (TPSA) is 38.9 Å². The second-order valence-electron chi connectivity index (χ2n) is 2.60. The second kappa shape index (κ2) is 3.47. The Balaban J connectivity index is 2.46. The average Bonchev–Trinajstić information content (AvgIpc) is 2.52. The van der Waals surface area contributed by atoms with Gasteiger partial charge in [-0.05, 0) is 34.1 Å². The molecule has 0 saturated carbocycles. The van der Waals surface area contributed by atoms with Gasteiger partial charge in [-0.2, -0.15) is 0 Å². The van der Waals surface area contributed by atoms with Crippen molar-refractivity contribution in [1.29, 1.82) is 0 Å². The number of nitrogen functional groups attached to an aromatic ring is 1. The summed E-state index contributed by atoms with van der Waals surface area (Å²) in [6.45, 7) is 0. The zero-order chi connectivity index (χ0) is 9.26. The second-order valence-corrected chi connectivity index (χ2v) is 4.43. The van der Waals surface area contributed by atoms with Crippen LogP contribution in [0.1, 0.15) is 0 Å². The standard InChI is InChI=1S/C9H7BrN2S/c10-6-3-9(13-5-6)8-4-7(11)1-2-12-8/h1-5H,(H2,11,12). The molecule has 0 aliphatic heterocycles. The molecule has 13 heavy (non-hydrogen) atoms. The molecule has 66 valence electrons. The fourth-order valence-corrected chi connectivity index (χ4v) is 2.42. The smallest absolute Gasteiger partial charge is 0.0822 e. The van der Waals surface area contributed by atoms with E-state index in [4.69, 9.17) is 5.73 Å². The molecule has 0 spiro atoms. The molecule has 4 heteroatoms. The van der Waals surface area contributed by atoms with E-state index in [1.165, 1.54) is 0 Å². The summed E-state index contributed by atoms with van der Waals surface area (Å²) in [4.78, 5) is 5.36. The summed E-state index contributed by atoms with van der Waals surface area (Å²) >= 11 is 5.05. The molecule has 2 nitrogen and oxygen atoms in total. The maximum Gasteiger partial charge on any atom is 0.0822 e. The molecule has 2 rings (SSSR count). The van der Waals surface area contributed by atoms with Gasteiger partial charge in [0, 0.05) is 21.7 Å². The summed E-state index contributed by atoms with van der Waals surface area (Å²) in [5.41, 5.74) is 7.33. The van der Waals surface area contributed by atoms with Crippen LogP contribution in [-0.2, 0) is 0 Å². The molecule has 2 N–H and O–H groups in total. The van der Waals surface area contributed by atoms with Crippen molar-refractivity contribution in [3.05, 3.63) is 34.2 Å². The molecule has 0 aliphatic carbocycles. The summed E-state index contributed by atoms with van der Waals surface area (Å²) in [6, 6.07) is 5.69. The Bertz CT molecular complexity index is 425. The lowest BCUT2D eigenvalue weighted by Gasteiger charge is -1.96. The van der Waals surface area contributed by atoms with Crippen LogP contribution in [0.3, 0.4) is 0 Å². The Morgan fingerprint density at radius 3 is 2.85 bits per heavy atom. The molecule has 0 unspecified atom stereocenters. The molecule has 0 atom stereocenters. The van der Waals surface area contributed by atoms with E-state index in [1.807, 2.05) is 17.5 Å². The van der Waals surface area contributed by atoms with E-state index in [1.54, 1.807) is 23.6 Å². The van der Waals surface area contributed by atoms with Crippen molar-refractivity contribution < 1.29 is 0 Å². The number of thiophene rings is 1. The summed E-state index contributed by atoms with van der Waals surface area (Å²) < 4.78 is 1.08.